The van der Waals surface area contributed by atoms with Crippen molar-refractivity contribution >= 4 is 6.29 Å². The van der Waals surface area contributed by atoms with Crippen molar-refractivity contribution in [2.45, 2.75) is 13.5 Å². The Morgan fingerprint density at radius 2 is 2.22 bits per heavy atom. The molecule has 0 aliphatic carbocycles. The van der Waals surface area contributed by atoms with Crippen molar-refractivity contribution in [3.63, 3.8) is 0 Å². The Morgan fingerprint density at radius 3 is 2.78 bits per heavy atom. The van der Waals surface area contributed by atoms with Crippen LogP contribution in [0, 0.1) is 6.92 Å². The van der Waals surface area contributed by atoms with E-state index in [0.717, 1.165) is 23.4 Å². The van der Waals surface area contributed by atoms with Crippen molar-refractivity contribution in [2.75, 3.05) is 7.11 Å². The lowest BCUT2D eigenvalue weighted by molar-refractivity contribution is -0.0000103. The number of carbonyl (C=O) groups excluding carboxylic acids is 1. The number of rotatable bonds is 4. The van der Waals surface area contributed by atoms with Crippen LogP contribution in [0.5, 0.6) is 5.75 Å². The van der Waals surface area contributed by atoms with Gasteiger partial charge in [0.1, 0.15) is 17.9 Å². The van der Waals surface area contributed by atoms with Gasteiger partial charge in [-0.3, -0.25) is 4.79 Å². The molecule has 0 atom stereocenters. The van der Waals surface area contributed by atoms with E-state index in [4.69, 9.17) is 4.74 Å². The minimum atomic E-state index is 0. The number of nitrogens with zero attached hydrogens (tertiary/aromatic N) is 2. The summed E-state index contributed by atoms with van der Waals surface area (Å²) in [6.45, 7) is 2.59. The van der Waals surface area contributed by atoms with Crippen LogP contribution >= 0.6 is 0 Å². The number of carbonyl (C=O) groups is 1. The topological polar surface area (TPSA) is 44.1 Å². The molecular weight excluding hydrogens is 252 g/mol. The molecule has 1 aromatic carbocycles. The molecule has 5 heteroatoms. The molecule has 0 unspecified atom stereocenters. The summed E-state index contributed by atoms with van der Waals surface area (Å²) in [4.78, 5) is 14.9. The van der Waals surface area contributed by atoms with Gasteiger partial charge in [-0.2, -0.15) is 0 Å². The lowest BCUT2D eigenvalue weighted by Crippen LogP contribution is -3.00. The fourth-order valence-electron chi connectivity index (χ4n) is 1.75. The van der Waals surface area contributed by atoms with E-state index in [-0.39, 0.29) is 12.4 Å². The molecule has 2 rings (SSSR count). The first-order valence-electron chi connectivity index (χ1n) is 5.34. The van der Waals surface area contributed by atoms with Crippen molar-refractivity contribution in [3.05, 3.63) is 47.5 Å². The molecular formula is C13H14ClN2O2-. The van der Waals surface area contributed by atoms with Gasteiger partial charge in [-0.05, 0) is 25.1 Å². The molecule has 0 fully saturated rings. The first-order valence-corrected chi connectivity index (χ1v) is 5.34. The van der Waals surface area contributed by atoms with Crippen LogP contribution in [0.2, 0.25) is 0 Å². The summed E-state index contributed by atoms with van der Waals surface area (Å²) in [7, 11) is 1.63. The average molecular weight is 266 g/mol. The molecule has 18 heavy (non-hydrogen) atoms. The van der Waals surface area contributed by atoms with Crippen LogP contribution in [0.15, 0.2) is 30.6 Å². The molecule has 1 aromatic heterocycles. The predicted octanol–water partition coefficient (Wildman–Crippen LogP) is -0.935. The molecule has 2 aromatic rings. The Bertz CT molecular complexity index is 538. The standard InChI is InChI=1S/C13H14N2O2.ClH/c1-10-14-5-6-15(10)8-12-7-11(9-16)3-4-13(12)17-2;/h3-7,9H,8H2,1-2H3;1H/p-1. The minimum absolute atomic E-state index is 0. The SMILES string of the molecule is COc1ccc(C=O)cc1Cn1ccnc1C.[Cl-]. The van der Waals surface area contributed by atoms with Crippen molar-refractivity contribution in [1.82, 2.24) is 9.55 Å². The number of methoxy groups -OCH3 is 1. The predicted molar refractivity (Wildman–Crippen MR) is 64.4 cm³/mol. The van der Waals surface area contributed by atoms with Gasteiger partial charge < -0.3 is 21.7 Å². The van der Waals surface area contributed by atoms with E-state index in [9.17, 15) is 4.79 Å². The number of imidazole rings is 1. The Morgan fingerprint density at radius 1 is 1.44 bits per heavy atom. The number of aromatic nitrogens is 2. The maximum atomic E-state index is 10.8. The van der Waals surface area contributed by atoms with Gasteiger partial charge in [-0.1, -0.05) is 0 Å². The lowest BCUT2D eigenvalue weighted by atomic mass is 10.1. The van der Waals surface area contributed by atoms with Gasteiger partial charge >= 0.3 is 0 Å². The fourth-order valence-corrected chi connectivity index (χ4v) is 1.75. The Labute approximate surface area is 112 Å². The van der Waals surface area contributed by atoms with Crippen LogP contribution in [-0.2, 0) is 6.54 Å². The second kappa shape index (κ2) is 6.21. The number of aldehydes is 1. The maximum Gasteiger partial charge on any atom is 0.150 e. The summed E-state index contributed by atoms with van der Waals surface area (Å²) in [5.74, 6) is 1.72. The van der Waals surface area contributed by atoms with Crippen molar-refractivity contribution < 1.29 is 21.9 Å². The summed E-state index contributed by atoms with van der Waals surface area (Å²) in [6.07, 6.45) is 4.50. The van der Waals surface area contributed by atoms with Gasteiger partial charge in [-0.25, -0.2) is 4.98 Å². The maximum absolute atomic E-state index is 10.8. The third kappa shape index (κ3) is 2.90. The highest BCUT2D eigenvalue weighted by Crippen LogP contribution is 2.20. The zero-order chi connectivity index (χ0) is 12.3. The molecule has 0 spiro atoms. The van der Waals surface area contributed by atoms with Crippen LogP contribution in [-0.4, -0.2) is 22.9 Å². The van der Waals surface area contributed by atoms with Crippen molar-refractivity contribution in [3.8, 4) is 5.75 Å². The van der Waals surface area contributed by atoms with Gasteiger partial charge in [0.05, 0.1) is 13.7 Å². The molecule has 4 nitrogen and oxygen atoms in total. The van der Waals surface area contributed by atoms with E-state index in [1.807, 2.05) is 29.8 Å². The van der Waals surface area contributed by atoms with Crippen molar-refractivity contribution in [2.24, 2.45) is 0 Å². The van der Waals surface area contributed by atoms with Crippen LogP contribution in [0.25, 0.3) is 0 Å². The van der Waals surface area contributed by atoms with Gasteiger partial charge in [-0.15, -0.1) is 0 Å². The molecule has 0 bridgehead atoms. The molecule has 0 radical (unpaired) electrons. The second-order valence-electron chi connectivity index (χ2n) is 3.79. The summed E-state index contributed by atoms with van der Waals surface area (Å²) in [5.41, 5.74) is 1.62. The molecule has 1 heterocycles. The van der Waals surface area contributed by atoms with Crippen LogP contribution in [0.1, 0.15) is 21.7 Å². The van der Waals surface area contributed by atoms with E-state index in [1.165, 1.54) is 0 Å². The number of benzene rings is 1. The van der Waals surface area contributed by atoms with E-state index < -0.39 is 0 Å². The van der Waals surface area contributed by atoms with E-state index in [0.29, 0.717) is 12.1 Å². The molecule has 0 aliphatic rings. The number of hydrogen-bond acceptors (Lipinski definition) is 3. The van der Waals surface area contributed by atoms with Gasteiger partial charge in [0.15, 0.2) is 0 Å². The third-order valence-corrected chi connectivity index (χ3v) is 2.70. The number of ether oxygens (including phenoxy) is 1. The zero-order valence-electron chi connectivity index (χ0n) is 10.3. The zero-order valence-corrected chi connectivity index (χ0v) is 11.0. The Hall–Kier alpha value is -1.81. The Balaban J connectivity index is 0.00000162. The summed E-state index contributed by atoms with van der Waals surface area (Å²) in [6, 6.07) is 5.40. The van der Waals surface area contributed by atoms with E-state index in [2.05, 4.69) is 4.98 Å². The summed E-state index contributed by atoms with van der Waals surface area (Å²) in [5, 5.41) is 0. The average Bonchev–Trinajstić information content (AvgIpc) is 2.75. The monoisotopic (exact) mass is 265 g/mol. The number of aryl methyl sites for hydroxylation is 1. The Kier molecular flexibility index (Phi) is 4.92. The highest BCUT2D eigenvalue weighted by Gasteiger charge is 2.06. The number of hydrogen-bond donors (Lipinski definition) is 0. The lowest BCUT2D eigenvalue weighted by Gasteiger charge is -2.10. The van der Waals surface area contributed by atoms with E-state index in [1.54, 1.807) is 19.4 Å². The molecule has 0 saturated carbocycles. The van der Waals surface area contributed by atoms with E-state index >= 15 is 0 Å². The fraction of sp³-hybridized carbons (Fsp3) is 0.231. The van der Waals surface area contributed by atoms with Gasteiger partial charge in [0.25, 0.3) is 0 Å². The second-order valence-corrected chi connectivity index (χ2v) is 3.79. The van der Waals surface area contributed by atoms with Crippen LogP contribution in [0.3, 0.4) is 0 Å². The van der Waals surface area contributed by atoms with Crippen LogP contribution in [0.4, 0.5) is 0 Å². The van der Waals surface area contributed by atoms with Gasteiger partial charge in [0.2, 0.25) is 0 Å². The van der Waals surface area contributed by atoms with Gasteiger partial charge in [0, 0.05) is 23.5 Å². The third-order valence-electron chi connectivity index (χ3n) is 2.70. The summed E-state index contributed by atoms with van der Waals surface area (Å²) < 4.78 is 7.29. The highest BCUT2D eigenvalue weighted by molar-refractivity contribution is 5.75. The molecule has 0 N–H and O–H groups in total. The summed E-state index contributed by atoms with van der Waals surface area (Å²) >= 11 is 0. The first kappa shape index (κ1) is 14.3. The molecule has 0 aliphatic heterocycles. The quantitative estimate of drug-likeness (QED) is 0.671. The smallest absolute Gasteiger partial charge is 0.150 e. The molecule has 96 valence electrons. The molecule has 0 saturated heterocycles. The minimum Gasteiger partial charge on any atom is -1.00 e. The van der Waals surface area contributed by atoms with Crippen LogP contribution < -0.4 is 17.1 Å². The number of halogens is 1. The largest absolute Gasteiger partial charge is 1.00 e. The first-order chi connectivity index (χ1) is 8.24. The van der Waals surface area contributed by atoms with Crippen molar-refractivity contribution in [1.29, 1.82) is 0 Å². The normalized spacial score (nSPS) is 9.67. The highest BCUT2D eigenvalue weighted by atomic mass is 35.5. The molecule has 0 amide bonds.